The molecule has 0 aliphatic heterocycles. The number of nitrogens with zero attached hydrogens (tertiary/aromatic N) is 1. The Morgan fingerprint density at radius 3 is 2.72 bits per heavy atom. The molecule has 0 bridgehead atoms. The van der Waals surface area contributed by atoms with Gasteiger partial charge in [0, 0.05) is 22.6 Å². The molecule has 0 fully saturated rings. The van der Waals surface area contributed by atoms with E-state index in [2.05, 4.69) is 4.98 Å². The molecular formula is C20H19NO3S. The molecule has 4 nitrogen and oxygen atoms in total. The molecule has 1 heterocycles. The van der Waals surface area contributed by atoms with Crippen molar-refractivity contribution in [3.05, 3.63) is 71.6 Å². The van der Waals surface area contributed by atoms with Crippen molar-refractivity contribution in [1.29, 1.82) is 0 Å². The zero-order chi connectivity index (χ0) is 17.6. The molecule has 0 radical (unpaired) electrons. The number of carbonyl (C=O) groups is 1. The van der Waals surface area contributed by atoms with E-state index in [0.717, 1.165) is 39.7 Å². The highest BCUT2D eigenvalue weighted by molar-refractivity contribution is 7.99. The van der Waals surface area contributed by atoms with Crippen molar-refractivity contribution < 1.29 is 14.3 Å². The van der Waals surface area contributed by atoms with E-state index >= 15 is 0 Å². The number of oxazole rings is 1. The molecule has 128 valence electrons. The van der Waals surface area contributed by atoms with Crippen LogP contribution < -0.4 is 0 Å². The van der Waals surface area contributed by atoms with Crippen LogP contribution in [0.25, 0.3) is 11.5 Å². The standard InChI is InChI=1S/C20H19NO3S/c1-14-18(21-20(24-14)16-7-3-2-4-8-16)10-11-25-17-9-5-6-15(12-17)13-19(22)23/h2-9,12H,10-11,13H2,1H3,(H,22,23). The normalized spacial score (nSPS) is 10.8. The average molecular weight is 353 g/mol. The Balaban J connectivity index is 1.61. The summed E-state index contributed by atoms with van der Waals surface area (Å²) in [6.07, 6.45) is 0.854. The van der Waals surface area contributed by atoms with Crippen LogP contribution in [0.15, 0.2) is 63.9 Å². The van der Waals surface area contributed by atoms with Gasteiger partial charge in [0.2, 0.25) is 5.89 Å². The number of aliphatic carboxylic acids is 1. The Kier molecular flexibility index (Phi) is 5.56. The number of carboxylic acids is 1. The van der Waals surface area contributed by atoms with Crippen molar-refractivity contribution in [2.75, 3.05) is 5.75 Å². The van der Waals surface area contributed by atoms with Gasteiger partial charge in [0.1, 0.15) is 5.76 Å². The third-order valence-electron chi connectivity index (χ3n) is 3.77. The summed E-state index contributed by atoms with van der Waals surface area (Å²) < 4.78 is 5.78. The molecule has 0 saturated heterocycles. The maximum Gasteiger partial charge on any atom is 0.307 e. The predicted molar refractivity (Wildman–Crippen MR) is 98.9 cm³/mol. The van der Waals surface area contributed by atoms with Crippen molar-refractivity contribution in [1.82, 2.24) is 4.98 Å². The van der Waals surface area contributed by atoms with Gasteiger partial charge in [0.15, 0.2) is 0 Å². The molecule has 0 unspecified atom stereocenters. The Morgan fingerprint density at radius 2 is 1.96 bits per heavy atom. The van der Waals surface area contributed by atoms with E-state index in [9.17, 15) is 4.79 Å². The summed E-state index contributed by atoms with van der Waals surface area (Å²) in [5, 5.41) is 8.88. The predicted octanol–water partition coefficient (Wildman–Crippen LogP) is 4.61. The minimum atomic E-state index is -0.811. The fourth-order valence-corrected chi connectivity index (χ4v) is 3.49. The summed E-state index contributed by atoms with van der Waals surface area (Å²) in [6.45, 7) is 1.94. The molecule has 25 heavy (non-hydrogen) atoms. The number of hydrogen-bond donors (Lipinski definition) is 1. The fourth-order valence-electron chi connectivity index (χ4n) is 2.55. The molecule has 0 spiro atoms. The largest absolute Gasteiger partial charge is 0.481 e. The topological polar surface area (TPSA) is 63.3 Å². The van der Waals surface area contributed by atoms with Gasteiger partial charge in [0.05, 0.1) is 12.1 Å². The van der Waals surface area contributed by atoms with Gasteiger partial charge in [-0.25, -0.2) is 4.98 Å². The average Bonchev–Trinajstić information content (AvgIpc) is 2.96. The van der Waals surface area contributed by atoms with Gasteiger partial charge < -0.3 is 9.52 Å². The number of hydrogen-bond acceptors (Lipinski definition) is 4. The molecule has 3 aromatic rings. The molecular weight excluding hydrogens is 334 g/mol. The lowest BCUT2D eigenvalue weighted by atomic mass is 10.2. The van der Waals surface area contributed by atoms with Gasteiger partial charge in [-0.1, -0.05) is 30.3 Å². The van der Waals surface area contributed by atoms with Crippen LogP contribution in [0.3, 0.4) is 0 Å². The van der Waals surface area contributed by atoms with Crippen LogP contribution in [0.5, 0.6) is 0 Å². The van der Waals surface area contributed by atoms with Crippen LogP contribution in [-0.4, -0.2) is 21.8 Å². The first-order chi connectivity index (χ1) is 12.1. The summed E-state index contributed by atoms with van der Waals surface area (Å²) in [5.74, 6) is 1.55. The zero-order valence-corrected chi connectivity index (χ0v) is 14.8. The van der Waals surface area contributed by atoms with E-state index in [-0.39, 0.29) is 6.42 Å². The molecule has 0 aliphatic carbocycles. The smallest absolute Gasteiger partial charge is 0.307 e. The molecule has 0 saturated carbocycles. The third kappa shape index (κ3) is 4.73. The number of rotatable bonds is 7. The van der Waals surface area contributed by atoms with Crippen LogP contribution in [0.2, 0.25) is 0 Å². The first-order valence-corrected chi connectivity index (χ1v) is 9.05. The molecule has 0 aliphatic rings. The Labute approximate surface area is 150 Å². The van der Waals surface area contributed by atoms with Gasteiger partial charge in [-0.3, -0.25) is 4.79 Å². The number of benzene rings is 2. The maximum absolute atomic E-state index is 10.8. The minimum absolute atomic E-state index is 0.0528. The van der Waals surface area contributed by atoms with E-state index in [0.29, 0.717) is 5.89 Å². The number of carboxylic acid groups (broad SMARTS) is 1. The van der Waals surface area contributed by atoms with Crippen LogP contribution in [0.1, 0.15) is 17.0 Å². The second kappa shape index (κ2) is 8.03. The highest BCUT2D eigenvalue weighted by atomic mass is 32.2. The fraction of sp³-hybridized carbons (Fsp3) is 0.200. The Morgan fingerprint density at radius 1 is 1.16 bits per heavy atom. The zero-order valence-electron chi connectivity index (χ0n) is 13.9. The summed E-state index contributed by atoms with van der Waals surface area (Å²) in [4.78, 5) is 16.5. The lowest BCUT2D eigenvalue weighted by molar-refractivity contribution is -0.136. The van der Waals surface area contributed by atoms with Crippen molar-refractivity contribution >= 4 is 17.7 Å². The molecule has 5 heteroatoms. The Bertz CT molecular complexity index is 858. The van der Waals surface area contributed by atoms with E-state index < -0.39 is 5.97 Å². The molecule has 0 atom stereocenters. The molecule has 1 aromatic heterocycles. The SMILES string of the molecule is Cc1oc(-c2ccccc2)nc1CCSc1cccc(CC(=O)O)c1. The van der Waals surface area contributed by atoms with E-state index in [1.807, 2.05) is 61.5 Å². The van der Waals surface area contributed by atoms with Crippen molar-refractivity contribution in [2.24, 2.45) is 0 Å². The maximum atomic E-state index is 10.8. The van der Waals surface area contributed by atoms with Crippen LogP contribution in [0.4, 0.5) is 0 Å². The van der Waals surface area contributed by atoms with E-state index in [1.54, 1.807) is 11.8 Å². The van der Waals surface area contributed by atoms with Gasteiger partial charge >= 0.3 is 5.97 Å². The molecule has 2 aromatic carbocycles. The second-order valence-electron chi connectivity index (χ2n) is 5.70. The quantitative estimate of drug-likeness (QED) is 0.628. The monoisotopic (exact) mass is 353 g/mol. The first kappa shape index (κ1) is 17.3. The van der Waals surface area contributed by atoms with Gasteiger partial charge in [0.25, 0.3) is 0 Å². The number of aromatic nitrogens is 1. The van der Waals surface area contributed by atoms with Gasteiger partial charge in [-0.15, -0.1) is 11.8 Å². The lowest BCUT2D eigenvalue weighted by Gasteiger charge is -2.03. The summed E-state index contributed by atoms with van der Waals surface area (Å²) in [5.41, 5.74) is 2.76. The van der Waals surface area contributed by atoms with Gasteiger partial charge in [-0.2, -0.15) is 0 Å². The molecule has 0 amide bonds. The minimum Gasteiger partial charge on any atom is -0.481 e. The Hall–Kier alpha value is -2.53. The molecule has 3 rings (SSSR count). The highest BCUT2D eigenvalue weighted by Crippen LogP contribution is 2.24. The van der Waals surface area contributed by atoms with Crippen LogP contribution >= 0.6 is 11.8 Å². The first-order valence-electron chi connectivity index (χ1n) is 8.07. The summed E-state index contributed by atoms with van der Waals surface area (Å²) in [6, 6.07) is 17.5. The highest BCUT2D eigenvalue weighted by Gasteiger charge is 2.11. The van der Waals surface area contributed by atoms with Crippen molar-refractivity contribution in [3.63, 3.8) is 0 Å². The second-order valence-corrected chi connectivity index (χ2v) is 6.87. The third-order valence-corrected chi connectivity index (χ3v) is 4.77. The lowest BCUT2D eigenvalue weighted by Crippen LogP contribution is -1.99. The number of thioether (sulfide) groups is 1. The van der Waals surface area contributed by atoms with Crippen molar-refractivity contribution in [2.45, 2.75) is 24.7 Å². The van der Waals surface area contributed by atoms with E-state index in [1.165, 1.54) is 0 Å². The molecule has 1 N–H and O–H groups in total. The van der Waals surface area contributed by atoms with E-state index in [4.69, 9.17) is 9.52 Å². The summed E-state index contributed by atoms with van der Waals surface area (Å²) >= 11 is 1.70. The van der Waals surface area contributed by atoms with Crippen molar-refractivity contribution in [3.8, 4) is 11.5 Å². The van der Waals surface area contributed by atoms with Gasteiger partial charge in [-0.05, 0) is 36.8 Å². The number of aryl methyl sites for hydroxylation is 2. The van der Waals surface area contributed by atoms with Crippen LogP contribution in [0, 0.1) is 6.92 Å². The van der Waals surface area contributed by atoms with Crippen LogP contribution in [-0.2, 0) is 17.6 Å². The summed E-state index contributed by atoms with van der Waals surface area (Å²) in [7, 11) is 0.